The Morgan fingerprint density at radius 1 is 1.06 bits per heavy atom. The van der Waals surface area contributed by atoms with Crippen LogP contribution in [0.2, 0.25) is 5.02 Å². The second kappa shape index (κ2) is 9.68. The van der Waals surface area contributed by atoms with Crippen molar-refractivity contribution >= 4 is 35.2 Å². The number of benzene rings is 1. The predicted octanol–water partition coefficient (Wildman–Crippen LogP) is 2.10. The van der Waals surface area contributed by atoms with Gasteiger partial charge in [0.25, 0.3) is 11.5 Å². The maximum Gasteiger partial charge on any atom is 0.305 e. The Bertz CT molecular complexity index is 1160. The molecular formula is C21H17ClN4O5. The molecule has 10 heteroatoms. The first-order chi connectivity index (χ1) is 14.8. The van der Waals surface area contributed by atoms with Crippen LogP contribution in [0.4, 0.5) is 5.82 Å². The highest BCUT2D eigenvalue weighted by Crippen LogP contribution is 2.11. The van der Waals surface area contributed by atoms with Gasteiger partial charge in [0.1, 0.15) is 11.9 Å². The average Bonchev–Trinajstić information content (AvgIpc) is 2.75. The topological polar surface area (TPSA) is 130 Å². The fraction of sp³-hybridized carbons (Fsp3) is 0.0952. The van der Waals surface area contributed by atoms with Crippen LogP contribution in [0.1, 0.15) is 16.8 Å². The summed E-state index contributed by atoms with van der Waals surface area (Å²) in [7, 11) is 0. The number of anilines is 1. The van der Waals surface area contributed by atoms with Crippen molar-refractivity contribution in [1.29, 1.82) is 0 Å². The van der Waals surface area contributed by atoms with E-state index in [1.165, 1.54) is 41.1 Å². The molecule has 31 heavy (non-hydrogen) atoms. The molecule has 0 fully saturated rings. The summed E-state index contributed by atoms with van der Waals surface area (Å²) in [5.41, 5.74) is 0.519. The monoisotopic (exact) mass is 440 g/mol. The molecule has 3 aromatic rings. The molecule has 1 atom stereocenters. The fourth-order valence-electron chi connectivity index (χ4n) is 2.70. The molecule has 0 spiro atoms. The Hall–Kier alpha value is -3.98. The quantitative estimate of drug-likeness (QED) is 0.515. The molecule has 1 aromatic carbocycles. The largest absolute Gasteiger partial charge is 0.481 e. The van der Waals surface area contributed by atoms with E-state index in [0.717, 1.165) is 0 Å². The van der Waals surface area contributed by atoms with Crippen molar-refractivity contribution < 1.29 is 19.5 Å². The zero-order valence-corrected chi connectivity index (χ0v) is 16.7. The molecule has 0 saturated carbocycles. The zero-order valence-electron chi connectivity index (χ0n) is 16.0. The molecule has 0 bridgehead atoms. The molecule has 9 nitrogen and oxygen atoms in total. The molecule has 0 saturated heterocycles. The average molecular weight is 441 g/mol. The van der Waals surface area contributed by atoms with Crippen LogP contribution < -0.4 is 16.2 Å². The first kappa shape index (κ1) is 21.7. The molecule has 3 rings (SSSR count). The predicted molar refractivity (Wildman–Crippen MR) is 113 cm³/mol. The fourth-order valence-corrected chi connectivity index (χ4v) is 2.81. The van der Waals surface area contributed by atoms with Crippen LogP contribution in [-0.4, -0.2) is 38.5 Å². The molecule has 3 N–H and O–H groups in total. The van der Waals surface area contributed by atoms with Crippen molar-refractivity contribution in [2.45, 2.75) is 12.5 Å². The number of carbonyl (C=O) groups is 3. The Morgan fingerprint density at radius 2 is 1.81 bits per heavy atom. The number of nitrogens with one attached hydrogen (secondary N) is 2. The lowest BCUT2D eigenvalue weighted by Gasteiger charge is -2.17. The van der Waals surface area contributed by atoms with Gasteiger partial charge >= 0.3 is 5.97 Å². The molecule has 0 aliphatic carbocycles. The SMILES string of the molecule is O=C(O)C[C@H](NC(=O)c1ccc(-n2ccccc2=O)cc1)C(=O)Nc1ccc(Cl)cn1. The minimum absolute atomic E-state index is 0.164. The first-order valence-electron chi connectivity index (χ1n) is 9.06. The van der Waals surface area contributed by atoms with Crippen LogP contribution >= 0.6 is 11.6 Å². The third-order valence-electron chi connectivity index (χ3n) is 4.21. The van der Waals surface area contributed by atoms with Crippen LogP contribution in [0.5, 0.6) is 0 Å². The van der Waals surface area contributed by atoms with E-state index in [-0.39, 0.29) is 16.9 Å². The second-order valence-electron chi connectivity index (χ2n) is 6.43. The smallest absolute Gasteiger partial charge is 0.305 e. The maximum absolute atomic E-state index is 12.6. The lowest BCUT2D eigenvalue weighted by atomic mass is 10.1. The van der Waals surface area contributed by atoms with Crippen LogP contribution in [0.3, 0.4) is 0 Å². The number of nitrogens with zero attached hydrogens (tertiary/aromatic N) is 2. The van der Waals surface area contributed by atoms with Gasteiger partial charge in [-0.1, -0.05) is 17.7 Å². The Kier molecular flexibility index (Phi) is 6.78. The molecule has 0 radical (unpaired) electrons. The number of halogens is 1. The number of aliphatic carboxylic acids is 1. The highest BCUT2D eigenvalue weighted by molar-refractivity contribution is 6.30. The number of hydrogen-bond acceptors (Lipinski definition) is 5. The van der Waals surface area contributed by atoms with E-state index >= 15 is 0 Å². The Balaban J connectivity index is 1.73. The third-order valence-corrected chi connectivity index (χ3v) is 4.43. The molecule has 2 aromatic heterocycles. The highest BCUT2D eigenvalue weighted by Gasteiger charge is 2.24. The summed E-state index contributed by atoms with van der Waals surface area (Å²) in [5.74, 6) is -2.48. The zero-order chi connectivity index (χ0) is 22.4. The van der Waals surface area contributed by atoms with Gasteiger partial charge in [0.05, 0.1) is 11.4 Å². The van der Waals surface area contributed by atoms with Crippen LogP contribution in [-0.2, 0) is 9.59 Å². The summed E-state index contributed by atoms with van der Waals surface area (Å²) in [4.78, 5) is 52.0. The van der Waals surface area contributed by atoms with E-state index in [4.69, 9.17) is 16.7 Å². The van der Waals surface area contributed by atoms with Gasteiger partial charge in [0, 0.05) is 29.7 Å². The van der Waals surface area contributed by atoms with E-state index in [1.807, 2.05) is 0 Å². The normalized spacial score (nSPS) is 11.4. The number of pyridine rings is 2. The van der Waals surface area contributed by atoms with E-state index in [2.05, 4.69) is 15.6 Å². The van der Waals surface area contributed by atoms with Crippen LogP contribution in [0, 0.1) is 0 Å². The summed E-state index contributed by atoms with van der Waals surface area (Å²) in [6.45, 7) is 0. The number of rotatable bonds is 7. The minimum atomic E-state index is -1.33. The number of amides is 2. The Labute approximate surface area is 181 Å². The number of carboxylic acid groups (broad SMARTS) is 1. The molecule has 158 valence electrons. The van der Waals surface area contributed by atoms with Crippen molar-refractivity contribution in [3.8, 4) is 5.69 Å². The van der Waals surface area contributed by atoms with E-state index in [0.29, 0.717) is 10.7 Å². The van der Waals surface area contributed by atoms with Gasteiger partial charge in [0.2, 0.25) is 5.91 Å². The minimum Gasteiger partial charge on any atom is -0.481 e. The number of carbonyl (C=O) groups excluding carboxylic acids is 2. The maximum atomic E-state index is 12.6. The van der Waals surface area contributed by atoms with Crippen molar-refractivity contribution in [2.75, 3.05) is 5.32 Å². The van der Waals surface area contributed by atoms with Gasteiger partial charge in [-0.05, 0) is 42.5 Å². The first-order valence-corrected chi connectivity index (χ1v) is 9.44. The van der Waals surface area contributed by atoms with Gasteiger partial charge in [0.15, 0.2) is 0 Å². The lowest BCUT2D eigenvalue weighted by molar-refractivity contribution is -0.139. The van der Waals surface area contributed by atoms with Gasteiger partial charge in [-0.15, -0.1) is 0 Å². The lowest BCUT2D eigenvalue weighted by Crippen LogP contribution is -2.45. The molecule has 0 unspecified atom stereocenters. The van der Waals surface area contributed by atoms with Gasteiger partial charge in [-0.25, -0.2) is 4.98 Å². The van der Waals surface area contributed by atoms with Crippen molar-refractivity contribution in [2.24, 2.45) is 0 Å². The van der Waals surface area contributed by atoms with Crippen LogP contribution in [0.15, 0.2) is 71.8 Å². The third kappa shape index (κ3) is 5.77. The molecule has 2 heterocycles. The van der Waals surface area contributed by atoms with E-state index in [9.17, 15) is 19.2 Å². The van der Waals surface area contributed by atoms with E-state index in [1.54, 1.807) is 30.5 Å². The van der Waals surface area contributed by atoms with Gasteiger partial charge < -0.3 is 15.7 Å². The summed E-state index contributed by atoms with van der Waals surface area (Å²) in [6, 6.07) is 12.4. The van der Waals surface area contributed by atoms with E-state index < -0.39 is 30.2 Å². The number of aromatic nitrogens is 2. The summed E-state index contributed by atoms with van der Waals surface area (Å²) in [6.07, 6.45) is 2.29. The molecule has 0 aliphatic heterocycles. The Morgan fingerprint density at radius 3 is 2.42 bits per heavy atom. The van der Waals surface area contributed by atoms with Gasteiger partial charge in [-0.3, -0.25) is 23.7 Å². The number of hydrogen-bond donors (Lipinski definition) is 3. The van der Waals surface area contributed by atoms with Crippen molar-refractivity contribution in [3.05, 3.63) is 87.9 Å². The number of carboxylic acids is 1. The van der Waals surface area contributed by atoms with Crippen molar-refractivity contribution in [3.63, 3.8) is 0 Å². The molecule has 0 aliphatic rings. The molecular weight excluding hydrogens is 424 g/mol. The molecule has 2 amide bonds. The summed E-state index contributed by atoms with van der Waals surface area (Å²) in [5, 5.41) is 14.3. The standard InChI is InChI=1S/C21H17ClN4O5/c22-14-6-9-17(23-12-14)25-21(31)16(11-19(28)29)24-20(30)13-4-7-15(8-5-13)26-10-2-1-3-18(26)27/h1-10,12,16H,11H2,(H,24,30)(H,28,29)(H,23,25,31)/t16-/m0/s1. The summed E-state index contributed by atoms with van der Waals surface area (Å²) < 4.78 is 1.40. The summed E-state index contributed by atoms with van der Waals surface area (Å²) >= 11 is 5.75. The highest BCUT2D eigenvalue weighted by atomic mass is 35.5. The van der Waals surface area contributed by atoms with Gasteiger partial charge in [-0.2, -0.15) is 0 Å². The van der Waals surface area contributed by atoms with Crippen LogP contribution in [0.25, 0.3) is 5.69 Å². The van der Waals surface area contributed by atoms with Crippen molar-refractivity contribution in [1.82, 2.24) is 14.9 Å². The second-order valence-corrected chi connectivity index (χ2v) is 6.87.